The van der Waals surface area contributed by atoms with Crippen LogP contribution in [0, 0.1) is 0 Å². The first-order chi connectivity index (χ1) is 8.50. The number of hydrogen-bond acceptors (Lipinski definition) is 4. The van der Waals surface area contributed by atoms with Crippen LogP contribution in [0.4, 0.5) is 0 Å². The highest BCUT2D eigenvalue weighted by molar-refractivity contribution is 7.09. The van der Waals surface area contributed by atoms with Crippen molar-refractivity contribution < 1.29 is 4.74 Å². The number of thiazole rings is 1. The molecule has 4 heteroatoms. The Labute approximate surface area is 114 Å². The molecule has 0 radical (unpaired) electrons. The standard InChI is InChI=1S/C14H24N2OS/c1-5-6-16-7-8-17-11(9-16)13-15-12(10-18-13)14(2,3)4/h10-11H,5-9H2,1-4H3. The van der Waals surface area contributed by atoms with Gasteiger partial charge in [0, 0.05) is 23.9 Å². The molecule has 1 aliphatic heterocycles. The highest BCUT2D eigenvalue weighted by atomic mass is 32.1. The van der Waals surface area contributed by atoms with Crippen LogP contribution in [0.1, 0.15) is 50.9 Å². The Hall–Kier alpha value is -0.450. The average molecular weight is 268 g/mol. The fraction of sp³-hybridized carbons (Fsp3) is 0.786. The fourth-order valence-corrected chi connectivity index (χ4v) is 3.24. The number of nitrogens with zero attached hydrogens (tertiary/aromatic N) is 2. The van der Waals surface area contributed by atoms with Gasteiger partial charge in [-0.3, -0.25) is 4.90 Å². The average Bonchev–Trinajstić information content (AvgIpc) is 2.78. The van der Waals surface area contributed by atoms with Crippen LogP contribution < -0.4 is 0 Å². The SMILES string of the molecule is CCCN1CCOC(c2nc(C(C)(C)C)cs2)C1. The lowest BCUT2D eigenvalue weighted by Gasteiger charge is -2.31. The maximum Gasteiger partial charge on any atom is 0.123 e. The van der Waals surface area contributed by atoms with Crippen molar-refractivity contribution >= 4 is 11.3 Å². The molecule has 18 heavy (non-hydrogen) atoms. The third kappa shape index (κ3) is 3.31. The molecule has 0 aromatic carbocycles. The second-order valence-corrected chi connectivity index (χ2v) is 6.87. The van der Waals surface area contributed by atoms with Crippen LogP contribution in [-0.2, 0) is 10.2 Å². The number of aromatic nitrogens is 1. The van der Waals surface area contributed by atoms with Crippen molar-refractivity contribution in [3.8, 4) is 0 Å². The highest BCUT2D eigenvalue weighted by Gasteiger charge is 2.26. The summed E-state index contributed by atoms with van der Waals surface area (Å²) in [7, 11) is 0. The van der Waals surface area contributed by atoms with Gasteiger partial charge in [0.2, 0.25) is 0 Å². The van der Waals surface area contributed by atoms with Crippen molar-refractivity contribution in [3.05, 3.63) is 16.1 Å². The Morgan fingerprint density at radius 2 is 2.28 bits per heavy atom. The van der Waals surface area contributed by atoms with Gasteiger partial charge >= 0.3 is 0 Å². The smallest absolute Gasteiger partial charge is 0.123 e. The predicted octanol–water partition coefficient (Wildman–Crippen LogP) is 3.22. The summed E-state index contributed by atoms with van der Waals surface area (Å²) in [5.41, 5.74) is 1.31. The van der Waals surface area contributed by atoms with Gasteiger partial charge in [-0.15, -0.1) is 11.3 Å². The first kappa shape index (κ1) is 14.0. The summed E-state index contributed by atoms with van der Waals surface area (Å²) in [6.07, 6.45) is 1.38. The van der Waals surface area contributed by atoms with E-state index in [0.29, 0.717) is 0 Å². The molecule has 1 aromatic heterocycles. The zero-order valence-corrected chi connectivity index (χ0v) is 12.7. The van der Waals surface area contributed by atoms with E-state index in [-0.39, 0.29) is 11.5 Å². The van der Waals surface area contributed by atoms with E-state index in [1.807, 2.05) is 0 Å². The third-order valence-corrected chi connectivity index (χ3v) is 4.19. The van der Waals surface area contributed by atoms with E-state index < -0.39 is 0 Å². The normalized spacial score (nSPS) is 22.3. The molecule has 3 nitrogen and oxygen atoms in total. The van der Waals surface area contributed by atoms with E-state index in [1.54, 1.807) is 11.3 Å². The van der Waals surface area contributed by atoms with Crippen molar-refractivity contribution in [2.75, 3.05) is 26.2 Å². The van der Waals surface area contributed by atoms with Gasteiger partial charge in [-0.05, 0) is 13.0 Å². The highest BCUT2D eigenvalue weighted by Crippen LogP contribution is 2.30. The van der Waals surface area contributed by atoms with Gasteiger partial charge in [-0.25, -0.2) is 4.98 Å². The lowest BCUT2D eigenvalue weighted by Crippen LogP contribution is -2.38. The summed E-state index contributed by atoms with van der Waals surface area (Å²) >= 11 is 1.74. The molecule has 1 fully saturated rings. The van der Waals surface area contributed by atoms with Crippen LogP contribution in [0.3, 0.4) is 0 Å². The zero-order valence-electron chi connectivity index (χ0n) is 11.9. The molecule has 1 aliphatic rings. The van der Waals surface area contributed by atoms with Crippen LogP contribution >= 0.6 is 11.3 Å². The van der Waals surface area contributed by atoms with Gasteiger partial charge in [0.25, 0.3) is 0 Å². The van der Waals surface area contributed by atoms with Crippen LogP contribution in [0.15, 0.2) is 5.38 Å². The van der Waals surface area contributed by atoms with Crippen molar-refractivity contribution in [1.29, 1.82) is 0 Å². The van der Waals surface area contributed by atoms with Gasteiger partial charge in [0.15, 0.2) is 0 Å². The number of hydrogen-bond donors (Lipinski definition) is 0. The molecule has 1 atom stereocenters. The Morgan fingerprint density at radius 1 is 1.50 bits per heavy atom. The molecule has 102 valence electrons. The monoisotopic (exact) mass is 268 g/mol. The molecule has 0 amide bonds. The van der Waals surface area contributed by atoms with Crippen molar-refractivity contribution in [2.45, 2.75) is 45.6 Å². The minimum Gasteiger partial charge on any atom is -0.368 e. The molecular formula is C14H24N2OS. The molecule has 1 unspecified atom stereocenters. The van der Waals surface area contributed by atoms with Gasteiger partial charge in [0.05, 0.1) is 12.3 Å². The first-order valence-electron chi connectivity index (χ1n) is 6.80. The van der Waals surface area contributed by atoms with E-state index >= 15 is 0 Å². The minimum atomic E-state index is 0.131. The second-order valence-electron chi connectivity index (χ2n) is 5.98. The molecule has 0 saturated carbocycles. The largest absolute Gasteiger partial charge is 0.368 e. The molecule has 2 heterocycles. The summed E-state index contributed by atoms with van der Waals surface area (Å²) in [6.45, 7) is 12.9. The number of ether oxygens (including phenoxy) is 1. The molecule has 1 saturated heterocycles. The Morgan fingerprint density at radius 3 is 2.89 bits per heavy atom. The minimum absolute atomic E-state index is 0.131. The van der Waals surface area contributed by atoms with Gasteiger partial charge in [-0.1, -0.05) is 27.7 Å². The topological polar surface area (TPSA) is 25.4 Å². The van der Waals surface area contributed by atoms with Crippen LogP contribution in [-0.4, -0.2) is 36.1 Å². The molecule has 0 spiro atoms. The van der Waals surface area contributed by atoms with Crippen molar-refractivity contribution in [2.24, 2.45) is 0 Å². The third-order valence-electron chi connectivity index (χ3n) is 3.26. The Balaban J connectivity index is 2.05. The Kier molecular flexibility index (Phi) is 4.41. The molecule has 2 rings (SSSR count). The van der Waals surface area contributed by atoms with Crippen LogP contribution in [0.5, 0.6) is 0 Å². The van der Waals surface area contributed by atoms with Crippen molar-refractivity contribution in [1.82, 2.24) is 9.88 Å². The van der Waals surface area contributed by atoms with E-state index in [9.17, 15) is 0 Å². The molecule has 0 aliphatic carbocycles. The van der Waals surface area contributed by atoms with E-state index in [2.05, 4.69) is 38.0 Å². The maximum absolute atomic E-state index is 5.87. The van der Waals surface area contributed by atoms with E-state index in [1.165, 1.54) is 12.1 Å². The van der Waals surface area contributed by atoms with E-state index in [4.69, 9.17) is 9.72 Å². The fourth-order valence-electron chi connectivity index (χ4n) is 2.15. The summed E-state index contributed by atoms with van der Waals surface area (Å²) in [5, 5.41) is 3.32. The molecule has 0 bridgehead atoms. The second kappa shape index (κ2) is 5.68. The summed E-state index contributed by atoms with van der Waals surface area (Å²) in [5.74, 6) is 0. The number of rotatable bonds is 3. The molecular weight excluding hydrogens is 244 g/mol. The lowest BCUT2D eigenvalue weighted by atomic mass is 9.93. The van der Waals surface area contributed by atoms with Crippen molar-refractivity contribution in [3.63, 3.8) is 0 Å². The number of morpholine rings is 1. The molecule has 0 N–H and O–H groups in total. The van der Waals surface area contributed by atoms with Crippen LogP contribution in [0.2, 0.25) is 0 Å². The maximum atomic E-state index is 5.87. The van der Waals surface area contributed by atoms with E-state index in [0.717, 1.165) is 31.2 Å². The lowest BCUT2D eigenvalue weighted by molar-refractivity contribution is -0.0300. The summed E-state index contributed by atoms with van der Waals surface area (Å²) < 4.78 is 5.87. The van der Waals surface area contributed by atoms with Gasteiger partial charge in [-0.2, -0.15) is 0 Å². The quantitative estimate of drug-likeness (QED) is 0.841. The van der Waals surface area contributed by atoms with Gasteiger partial charge in [0.1, 0.15) is 11.1 Å². The Bertz CT molecular complexity index is 381. The molecule has 1 aromatic rings. The van der Waals surface area contributed by atoms with Gasteiger partial charge < -0.3 is 4.74 Å². The summed E-state index contributed by atoms with van der Waals surface area (Å²) in [4.78, 5) is 7.25. The summed E-state index contributed by atoms with van der Waals surface area (Å²) in [6, 6.07) is 0. The zero-order chi connectivity index (χ0) is 13.2. The predicted molar refractivity (Wildman–Crippen MR) is 76.2 cm³/mol. The van der Waals surface area contributed by atoms with Crippen LogP contribution in [0.25, 0.3) is 0 Å². The first-order valence-corrected chi connectivity index (χ1v) is 7.68.